The van der Waals surface area contributed by atoms with E-state index >= 15 is 0 Å². The molecule has 2 aromatic carbocycles. The van der Waals surface area contributed by atoms with Crippen LogP contribution in [0.4, 0.5) is 10.1 Å². The van der Waals surface area contributed by atoms with E-state index in [-0.39, 0.29) is 42.0 Å². The number of hydrogen-bond acceptors (Lipinski definition) is 4. The third-order valence-corrected chi connectivity index (χ3v) is 4.33. The molecule has 9 heteroatoms. The second kappa shape index (κ2) is 8.57. The number of hydrazine groups is 1. The molecule has 2 aromatic rings. The topological polar surface area (TPSA) is 90.5 Å². The number of para-hydroxylation sites is 1. The van der Waals surface area contributed by atoms with Crippen LogP contribution in [0.1, 0.15) is 28.8 Å². The Morgan fingerprint density at radius 1 is 1.00 bits per heavy atom. The number of hydrogen-bond donors (Lipinski definition) is 3. The number of carbonyl (C=O) groups excluding carboxylic acids is 3. The highest BCUT2D eigenvalue weighted by atomic mass is 32.1. The van der Waals surface area contributed by atoms with Gasteiger partial charge in [-0.3, -0.25) is 30.1 Å². The minimum Gasteiger partial charge on any atom is -0.329 e. The quantitative estimate of drug-likeness (QED) is 0.414. The van der Waals surface area contributed by atoms with Crippen molar-refractivity contribution in [2.75, 3.05) is 5.32 Å². The van der Waals surface area contributed by atoms with Gasteiger partial charge in [0.2, 0.25) is 11.8 Å². The number of rotatable bonds is 4. The van der Waals surface area contributed by atoms with Gasteiger partial charge < -0.3 is 5.32 Å². The molecule has 0 saturated carbocycles. The first-order valence-corrected chi connectivity index (χ1v) is 8.89. The van der Waals surface area contributed by atoms with Gasteiger partial charge in [0.1, 0.15) is 5.82 Å². The van der Waals surface area contributed by atoms with Gasteiger partial charge in [-0.2, -0.15) is 0 Å². The summed E-state index contributed by atoms with van der Waals surface area (Å²) in [6.07, 6.45) is 0.484. The van der Waals surface area contributed by atoms with Crippen LogP contribution in [-0.2, 0) is 16.1 Å². The third-order valence-electron chi connectivity index (χ3n) is 4.12. The molecule has 0 atom stereocenters. The average molecular weight is 400 g/mol. The van der Waals surface area contributed by atoms with Gasteiger partial charge in [-0.05, 0) is 42.0 Å². The molecule has 144 valence electrons. The number of nitrogens with zero attached hydrogens (tertiary/aromatic N) is 1. The molecule has 1 fully saturated rings. The van der Waals surface area contributed by atoms with Crippen molar-refractivity contribution in [3.63, 3.8) is 0 Å². The van der Waals surface area contributed by atoms with E-state index < -0.39 is 11.7 Å². The lowest BCUT2D eigenvalue weighted by Crippen LogP contribution is -2.43. The van der Waals surface area contributed by atoms with E-state index in [1.54, 1.807) is 36.4 Å². The Kier molecular flexibility index (Phi) is 5.95. The fourth-order valence-electron chi connectivity index (χ4n) is 2.65. The number of carbonyl (C=O) groups is 3. The van der Waals surface area contributed by atoms with Crippen molar-refractivity contribution in [1.29, 1.82) is 0 Å². The minimum atomic E-state index is -0.469. The molecule has 3 amide bonds. The van der Waals surface area contributed by atoms with E-state index in [0.29, 0.717) is 5.56 Å². The van der Waals surface area contributed by atoms with E-state index in [4.69, 9.17) is 12.2 Å². The molecular formula is C19H17FN4O3S. The highest BCUT2D eigenvalue weighted by molar-refractivity contribution is 7.80. The normalized spacial score (nSPS) is 13.4. The van der Waals surface area contributed by atoms with Crippen LogP contribution in [0.5, 0.6) is 0 Å². The summed E-state index contributed by atoms with van der Waals surface area (Å²) in [7, 11) is 0. The van der Waals surface area contributed by atoms with Gasteiger partial charge in [-0.1, -0.05) is 24.3 Å². The summed E-state index contributed by atoms with van der Waals surface area (Å²) in [5.41, 5.74) is 6.19. The molecule has 0 unspecified atom stereocenters. The average Bonchev–Trinajstić information content (AvgIpc) is 3.00. The molecule has 0 radical (unpaired) electrons. The van der Waals surface area contributed by atoms with Crippen LogP contribution in [0.25, 0.3) is 0 Å². The number of amides is 3. The summed E-state index contributed by atoms with van der Waals surface area (Å²) in [6.45, 7) is 0.189. The molecule has 3 rings (SSSR count). The Morgan fingerprint density at radius 3 is 2.29 bits per heavy atom. The number of benzene rings is 2. The van der Waals surface area contributed by atoms with Crippen LogP contribution >= 0.6 is 12.2 Å². The molecule has 0 aliphatic carbocycles. The molecule has 1 aliphatic rings. The standard InChI is InChI=1S/C19H17FN4O3S/c20-14-3-1-2-4-15(14)21-19(28)23-22-18(27)13-7-5-12(6-8-13)11-24-16(25)9-10-17(24)26/h1-8H,9-11H2,(H,22,27)(H2,21,23,28). The molecule has 7 nitrogen and oxygen atoms in total. The summed E-state index contributed by atoms with van der Waals surface area (Å²) in [4.78, 5) is 36.7. The number of likely N-dealkylation sites (tertiary alicyclic amines) is 1. The first-order valence-electron chi connectivity index (χ1n) is 8.48. The van der Waals surface area contributed by atoms with Gasteiger partial charge in [0.05, 0.1) is 12.2 Å². The maximum absolute atomic E-state index is 13.6. The zero-order valence-electron chi connectivity index (χ0n) is 14.7. The van der Waals surface area contributed by atoms with E-state index in [9.17, 15) is 18.8 Å². The fraction of sp³-hybridized carbons (Fsp3) is 0.158. The Hall–Kier alpha value is -3.33. The number of nitrogens with one attached hydrogen (secondary N) is 3. The summed E-state index contributed by atoms with van der Waals surface area (Å²) >= 11 is 5.01. The van der Waals surface area contributed by atoms with Crippen LogP contribution in [0, 0.1) is 5.82 Å². The number of anilines is 1. The van der Waals surface area contributed by atoms with Crippen molar-refractivity contribution in [2.24, 2.45) is 0 Å². The van der Waals surface area contributed by atoms with Crippen LogP contribution in [0.2, 0.25) is 0 Å². The zero-order valence-corrected chi connectivity index (χ0v) is 15.5. The maximum Gasteiger partial charge on any atom is 0.269 e. The minimum absolute atomic E-state index is 0.0288. The van der Waals surface area contributed by atoms with E-state index in [1.165, 1.54) is 17.0 Å². The summed E-state index contributed by atoms with van der Waals surface area (Å²) < 4.78 is 13.6. The monoisotopic (exact) mass is 400 g/mol. The van der Waals surface area contributed by atoms with Crippen LogP contribution in [0.15, 0.2) is 48.5 Å². The summed E-state index contributed by atoms with van der Waals surface area (Å²) in [5.74, 6) is -1.29. The number of imide groups is 1. The summed E-state index contributed by atoms with van der Waals surface area (Å²) in [5, 5.41) is 2.66. The lowest BCUT2D eigenvalue weighted by Gasteiger charge is -2.14. The molecule has 0 bridgehead atoms. The van der Waals surface area contributed by atoms with Gasteiger partial charge in [0, 0.05) is 18.4 Å². The van der Waals surface area contributed by atoms with Crippen LogP contribution in [0.3, 0.4) is 0 Å². The number of thiocarbonyl (C=S) groups is 1. The van der Waals surface area contributed by atoms with Crippen LogP contribution < -0.4 is 16.2 Å². The Bertz CT molecular complexity index is 917. The highest BCUT2D eigenvalue weighted by Crippen LogP contribution is 2.16. The van der Waals surface area contributed by atoms with Crippen molar-refractivity contribution in [2.45, 2.75) is 19.4 Å². The second-order valence-corrected chi connectivity index (χ2v) is 6.49. The van der Waals surface area contributed by atoms with Gasteiger partial charge >= 0.3 is 0 Å². The molecule has 1 aliphatic heterocycles. The van der Waals surface area contributed by atoms with E-state index in [0.717, 1.165) is 5.56 Å². The van der Waals surface area contributed by atoms with Gasteiger partial charge in [0.15, 0.2) is 5.11 Å². The largest absolute Gasteiger partial charge is 0.329 e. The Balaban J connectivity index is 1.52. The Labute approximate surface area is 165 Å². The smallest absolute Gasteiger partial charge is 0.269 e. The first-order chi connectivity index (χ1) is 13.4. The van der Waals surface area contributed by atoms with Crippen molar-refractivity contribution in [1.82, 2.24) is 15.8 Å². The third kappa shape index (κ3) is 4.68. The van der Waals surface area contributed by atoms with Crippen LogP contribution in [-0.4, -0.2) is 27.7 Å². The predicted molar refractivity (Wildman–Crippen MR) is 104 cm³/mol. The SMILES string of the molecule is O=C(NNC(=S)Nc1ccccc1F)c1ccc(CN2C(=O)CCC2=O)cc1. The molecule has 1 saturated heterocycles. The Morgan fingerprint density at radius 2 is 1.64 bits per heavy atom. The van der Waals surface area contributed by atoms with Gasteiger partial charge in [-0.25, -0.2) is 4.39 Å². The molecule has 0 aromatic heterocycles. The van der Waals surface area contributed by atoms with E-state index in [2.05, 4.69) is 16.2 Å². The van der Waals surface area contributed by atoms with Crippen molar-refractivity contribution >= 4 is 40.7 Å². The van der Waals surface area contributed by atoms with Crippen molar-refractivity contribution in [3.05, 3.63) is 65.5 Å². The second-order valence-electron chi connectivity index (χ2n) is 6.08. The molecule has 28 heavy (non-hydrogen) atoms. The highest BCUT2D eigenvalue weighted by Gasteiger charge is 2.28. The lowest BCUT2D eigenvalue weighted by atomic mass is 10.1. The maximum atomic E-state index is 13.6. The lowest BCUT2D eigenvalue weighted by molar-refractivity contribution is -0.139. The van der Waals surface area contributed by atoms with Crippen molar-refractivity contribution < 1.29 is 18.8 Å². The number of halogens is 1. The van der Waals surface area contributed by atoms with E-state index in [1.807, 2.05) is 0 Å². The van der Waals surface area contributed by atoms with Crippen molar-refractivity contribution in [3.8, 4) is 0 Å². The molecule has 3 N–H and O–H groups in total. The fourth-order valence-corrected chi connectivity index (χ4v) is 2.81. The molecule has 0 spiro atoms. The molecular weight excluding hydrogens is 383 g/mol. The van der Waals surface area contributed by atoms with Gasteiger partial charge in [0.25, 0.3) is 5.91 Å². The molecule has 1 heterocycles. The zero-order chi connectivity index (χ0) is 20.1. The summed E-state index contributed by atoms with van der Waals surface area (Å²) in [6, 6.07) is 12.5. The first kappa shape index (κ1) is 19.4. The predicted octanol–water partition coefficient (Wildman–Crippen LogP) is 2.11. The van der Waals surface area contributed by atoms with Gasteiger partial charge in [-0.15, -0.1) is 0 Å².